The van der Waals surface area contributed by atoms with Crippen LogP contribution in [0, 0.1) is 23.1 Å². The summed E-state index contributed by atoms with van der Waals surface area (Å²) in [7, 11) is 0. The van der Waals surface area contributed by atoms with Crippen LogP contribution in [0.2, 0.25) is 0 Å². The minimum atomic E-state index is -1.54. The molecule has 0 saturated heterocycles. The predicted molar refractivity (Wildman–Crippen MR) is 86.1 cm³/mol. The lowest BCUT2D eigenvalue weighted by Gasteiger charge is -2.13. The molecule has 0 saturated carbocycles. The van der Waals surface area contributed by atoms with Gasteiger partial charge in [-0.15, -0.1) is 0 Å². The number of amides is 1. The first-order valence-electron chi connectivity index (χ1n) is 7.29. The molecule has 0 aliphatic carbocycles. The Hall–Kier alpha value is -3.20. The van der Waals surface area contributed by atoms with Crippen molar-refractivity contribution in [1.29, 1.82) is 5.26 Å². The molecule has 24 heavy (non-hydrogen) atoms. The van der Waals surface area contributed by atoms with Crippen molar-refractivity contribution in [1.82, 2.24) is 0 Å². The maximum absolute atomic E-state index is 12.9. The minimum absolute atomic E-state index is 0.0937. The maximum atomic E-state index is 12.9. The number of carbonyl (C=O) groups excluding carboxylic acids is 2. The molecule has 5 nitrogen and oxygen atoms in total. The normalized spacial score (nSPS) is 11.2. The molecule has 1 unspecified atom stereocenters. The third kappa shape index (κ3) is 3.96. The van der Waals surface area contributed by atoms with Gasteiger partial charge in [0.25, 0.3) is 0 Å². The number of ether oxygens (including phenoxy) is 1. The number of anilines is 1. The summed E-state index contributed by atoms with van der Waals surface area (Å²) < 4.78 is 18.3. The van der Waals surface area contributed by atoms with Crippen LogP contribution in [0.1, 0.15) is 17.3 Å². The van der Waals surface area contributed by atoms with Gasteiger partial charge in [-0.1, -0.05) is 12.1 Å². The number of nitrogens with one attached hydrogen (secondary N) is 1. The molecule has 2 aromatic carbocycles. The minimum Gasteiger partial charge on any atom is -0.492 e. The Balaban J connectivity index is 2.19. The highest BCUT2D eigenvalue weighted by Gasteiger charge is 2.28. The van der Waals surface area contributed by atoms with Crippen LogP contribution in [0.3, 0.4) is 0 Å². The van der Waals surface area contributed by atoms with Crippen LogP contribution < -0.4 is 10.1 Å². The average Bonchev–Trinajstić information content (AvgIpc) is 2.58. The first-order chi connectivity index (χ1) is 11.6. The van der Waals surface area contributed by atoms with E-state index in [0.29, 0.717) is 18.0 Å². The fraction of sp³-hybridized carbons (Fsp3) is 0.167. The van der Waals surface area contributed by atoms with Crippen molar-refractivity contribution in [3.63, 3.8) is 0 Å². The van der Waals surface area contributed by atoms with Gasteiger partial charge in [-0.05, 0) is 43.3 Å². The Morgan fingerprint density at radius 1 is 1.21 bits per heavy atom. The molecule has 0 aliphatic rings. The summed E-state index contributed by atoms with van der Waals surface area (Å²) in [6, 6.07) is 13.1. The smallest absolute Gasteiger partial charge is 0.249 e. The molecular weight excluding hydrogens is 311 g/mol. The van der Waals surface area contributed by atoms with Crippen molar-refractivity contribution >= 4 is 17.4 Å². The van der Waals surface area contributed by atoms with E-state index < -0.39 is 23.4 Å². The largest absolute Gasteiger partial charge is 0.492 e. The molecule has 0 radical (unpaired) electrons. The maximum Gasteiger partial charge on any atom is 0.249 e. The molecule has 0 spiro atoms. The molecule has 0 aromatic heterocycles. The molecule has 0 heterocycles. The van der Waals surface area contributed by atoms with Gasteiger partial charge in [-0.2, -0.15) is 5.26 Å². The predicted octanol–water partition coefficient (Wildman–Crippen LogP) is 3.19. The van der Waals surface area contributed by atoms with Crippen molar-refractivity contribution in [2.45, 2.75) is 6.92 Å². The lowest BCUT2D eigenvalue weighted by Crippen LogP contribution is -2.28. The fourth-order valence-corrected chi connectivity index (χ4v) is 2.07. The van der Waals surface area contributed by atoms with Crippen LogP contribution in [-0.2, 0) is 4.79 Å². The van der Waals surface area contributed by atoms with E-state index in [1.165, 1.54) is 12.1 Å². The molecule has 1 atom stereocenters. The Morgan fingerprint density at radius 3 is 2.50 bits per heavy atom. The third-order valence-corrected chi connectivity index (χ3v) is 3.23. The van der Waals surface area contributed by atoms with Crippen molar-refractivity contribution < 1.29 is 18.7 Å². The number of Topliss-reactive ketones (excluding diaryl/α,β-unsaturated/α-hetero) is 1. The standard InChI is InChI=1S/C18H15FN2O3/c1-2-24-16-6-4-3-5-15(16)21-18(23)14(11-20)17(22)12-7-9-13(19)10-8-12/h3-10,14H,2H2,1H3,(H,21,23). The van der Waals surface area contributed by atoms with E-state index in [0.717, 1.165) is 12.1 Å². The molecule has 2 aromatic rings. The summed E-state index contributed by atoms with van der Waals surface area (Å²) >= 11 is 0. The molecule has 0 aliphatic heterocycles. The SMILES string of the molecule is CCOc1ccccc1NC(=O)C(C#N)C(=O)c1ccc(F)cc1. The Labute approximate surface area is 138 Å². The summed E-state index contributed by atoms with van der Waals surface area (Å²) in [5.41, 5.74) is 0.465. The molecule has 0 fully saturated rings. The van der Waals surface area contributed by atoms with Crippen molar-refractivity contribution in [3.8, 4) is 11.8 Å². The molecular formula is C18H15FN2O3. The second kappa shape index (κ2) is 7.88. The second-order valence-corrected chi connectivity index (χ2v) is 4.85. The van der Waals surface area contributed by atoms with Crippen molar-refractivity contribution in [2.24, 2.45) is 5.92 Å². The topological polar surface area (TPSA) is 79.2 Å². The summed E-state index contributed by atoms with van der Waals surface area (Å²) in [4.78, 5) is 24.6. The molecule has 1 amide bonds. The number of carbonyl (C=O) groups is 2. The highest BCUT2D eigenvalue weighted by Crippen LogP contribution is 2.24. The quantitative estimate of drug-likeness (QED) is 0.653. The zero-order valence-corrected chi connectivity index (χ0v) is 13.0. The number of halogens is 1. The summed E-state index contributed by atoms with van der Waals surface area (Å²) in [6.07, 6.45) is 0. The van der Waals surface area contributed by atoms with Gasteiger partial charge >= 0.3 is 0 Å². The van der Waals surface area contributed by atoms with Gasteiger partial charge < -0.3 is 10.1 Å². The Bertz CT molecular complexity index is 782. The number of ketones is 1. The van der Waals surface area contributed by atoms with Crippen molar-refractivity contribution in [2.75, 3.05) is 11.9 Å². The highest BCUT2D eigenvalue weighted by atomic mass is 19.1. The number of hydrogen-bond donors (Lipinski definition) is 1. The highest BCUT2D eigenvalue weighted by molar-refractivity contribution is 6.15. The Morgan fingerprint density at radius 2 is 1.88 bits per heavy atom. The number of nitrogens with zero attached hydrogens (tertiary/aromatic N) is 1. The number of rotatable bonds is 6. The zero-order chi connectivity index (χ0) is 17.5. The van der Waals surface area contributed by atoms with Crippen LogP contribution in [0.4, 0.5) is 10.1 Å². The first kappa shape index (κ1) is 17.2. The first-order valence-corrected chi connectivity index (χ1v) is 7.29. The van der Waals surface area contributed by atoms with Crippen LogP contribution in [-0.4, -0.2) is 18.3 Å². The molecule has 6 heteroatoms. The van der Waals surface area contributed by atoms with Gasteiger partial charge in [0.05, 0.1) is 18.4 Å². The van der Waals surface area contributed by atoms with Crippen molar-refractivity contribution in [3.05, 3.63) is 59.9 Å². The average molecular weight is 326 g/mol. The summed E-state index contributed by atoms with van der Waals surface area (Å²) in [5.74, 6) is -3.05. The fourth-order valence-electron chi connectivity index (χ4n) is 2.07. The van der Waals surface area contributed by atoms with Gasteiger partial charge in [0.15, 0.2) is 11.7 Å². The van der Waals surface area contributed by atoms with E-state index in [1.54, 1.807) is 37.3 Å². The van der Waals surface area contributed by atoms with Gasteiger partial charge in [0.2, 0.25) is 5.91 Å². The van der Waals surface area contributed by atoms with E-state index in [4.69, 9.17) is 4.74 Å². The van der Waals surface area contributed by atoms with Crippen LogP contribution in [0.25, 0.3) is 0 Å². The van der Waals surface area contributed by atoms with Gasteiger partial charge in [-0.3, -0.25) is 9.59 Å². The van der Waals surface area contributed by atoms with Gasteiger partial charge in [-0.25, -0.2) is 4.39 Å². The van der Waals surface area contributed by atoms with E-state index in [9.17, 15) is 19.2 Å². The van der Waals surface area contributed by atoms with Crippen LogP contribution >= 0.6 is 0 Å². The Kier molecular flexibility index (Phi) is 5.63. The molecule has 122 valence electrons. The number of benzene rings is 2. The molecule has 1 N–H and O–H groups in total. The van der Waals surface area contributed by atoms with Crippen LogP contribution in [0.5, 0.6) is 5.75 Å². The van der Waals surface area contributed by atoms with E-state index in [-0.39, 0.29) is 5.56 Å². The second-order valence-electron chi connectivity index (χ2n) is 4.85. The van der Waals surface area contributed by atoms with Crippen LogP contribution in [0.15, 0.2) is 48.5 Å². The van der Waals surface area contributed by atoms with Gasteiger partial charge in [0.1, 0.15) is 11.6 Å². The lowest BCUT2D eigenvalue weighted by molar-refractivity contribution is -0.117. The molecule has 2 rings (SSSR count). The monoisotopic (exact) mass is 326 g/mol. The van der Waals surface area contributed by atoms with E-state index >= 15 is 0 Å². The zero-order valence-electron chi connectivity index (χ0n) is 13.0. The number of nitriles is 1. The number of hydrogen-bond acceptors (Lipinski definition) is 4. The summed E-state index contributed by atoms with van der Waals surface area (Å²) in [6.45, 7) is 2.21. The lowest BCUT2D eigenvalue weighted by atomic mass is 9.98. The van der Waals surface area contributed by atoms with Gasteiger partial charge in [0, 0.05) is 5.56 Å². The van der Waals surface area contributed by atoms with E-state index in [2.05, 4.69) is 5.32 Å². The number of para-hydroxylation sites is 2. The molecule has 0 bridgehead atoms. The van der Waals surface area contributed by atoms with E-state index in [1.807, 2.05) is 0 Å². The summed E-state index contributed by atoms with van der Waals surface area (Å²) in [5, 5.41) is 11.7. The third-order valence-electron chi connectivity index (χ3n) is 3.23.